The summed E-state index contributed by atoms with van der Waals surface area (Å²) in [6, 6.07) is 4.09. The van der Waals surface area contributed by atoms with Gasteiger partial charge in [-0.1, -0.05) is 18.2 Å². The number of carboxylic acids is 1. The fraction of sp³-hybridized carbons (Fsp3) is 0.357. The van der Waals surface area contributed by atoms with Crippen LogP contribution in [0, 0.1) is 5.82 Å². The molecule has 4 nitrogen and oxygen atoms in total. The fourth-order valence-electron chi connectivity index (χ4n) is 1.47. The number of hydrogen-bond donors (Lipinski definition) is 2. The van der Waals surface area contributed by atoms with Crippen LogP contribution < -0.4 is 5.32 Å². The van der Waals surface area contributed by atoms with Gasteiger partial charge in [0.2, 0.25) is 0 Å². The van der Waals surface area contributed by atoms with E-state index in [9.17, 15) is 9.18 Å². The first-order valence-electron chi connectivity index (χ1n) is 5.95. The number of carboxylic acid groups (broad SMARTS) is 1. The van der Waals surface area contributed by atoms with E-state index >= 15 is 0 Å². The molecule has 0 bridgehead atoms. The summed E-state index contributed by atoms with van der Waals surface area (Å²) in [5.41, 5.74) is 1.35. The second-order valence-electron chi connectivity index (χ2n) is 4.31. The lowest BCUT2D eigenvalue weighted by atomic mass is 10.1. The van der Waals surface area contributed by atoms with Gasteiger partial charge in [-0.2, -0.15) is 0 Å². The van der Waals surface area contributed by atoms with Gasteiger partial charge >= 0.3 is 5.97 Å². The van der Waals surface area contributed by atoms with E-state index in [-0.39, 0.29) is 5.56 Å². The highest BCUT2D eigenvalue weighted by molar-refractivity contribution is 5.87. The molecule has 5 heteroatoms. The number of benzene rings is 1. The lowest BCUT2D eigenvalue weighted by molar-refractivity contribution is 0.0692. The average molecular weight is 267 g/mol. The maximum atomic E-state index is 13.4. The van der Waals surface area contributed by atoms with Crippen molar-refractivity contribution in [3.8, 4) is 0 Å². The van der Waals surface area contributed by atoms with Crippen LogP contribution in [-0.2, 0) is 11.3 Å². The summed E-state index contributed by atoms with van der Waals surface area (Å²) < 4.78 is 18.7. The van der Waals surface area contributed by atoms with Crippen molar-refractivity contribution in [3.05, 3.63) is 47.3 Å². The molecular weight excluding hydrogens is 249 g/mol. The topological polar surface area (TPSA) is 58.6 Å². The standard InChI is InChI=1S/C14H18FNO3/c1-10(2)9-19-6-5-16-8-11-3-4-12(14(17)18)13(15)7-11/h3-4,7,16H,1,5-6,8-9H2,2H3,(H,17,18). The third-order valence-corrected chi connectivity index (χ3v) is 2.36. The number of hydrogen-bond acceptors (Lipinski definition) is 3. The van der Waals surface area contributed by atoms with Gasteiger partial charge in [-0.15, -0.1) is 0 Å². The minimum Gasteiger partial charge on any atom is -0.478 e. The van der Waals surface area contributed by atoms with Crippen LogP contribution in [0.25, 0.3) is 0 Å². The molecule has 2 N–H and O–H groups in total. The van der Waals surface area contributed by atoms with Crippen LogP contribution in [0.5, 0.6) is 0 Å². The Morgan fingerprint density at radius 1 is 1.53 bits per heavy atom. The van der Waals surface area contributed by atoms with Crippen LogP contribution in [0.1, 0.15) is 22.8 Å². The van der Waals surface area contributed by atoms with Gasteiger partial charge in [0.1, 0.15) is 5.82 Å². The zero-order valence-electron chi connectivity index (χ0n) is 10.9. The minimum absolute atomic E-state index is 0.312. The van der Waals surface area contributed by atoms with E-state index in [0.717, 1.165) is 5.57 Å². The highest BCUT2D eigenvalue weighted by Crippen LogP contribution is 2.10. The van der Waals surface area contributed by atoms with E-state index in [0.29, 0.717) is 31.9 Å². The van der Waals surface area contributed by atoms with Gasteiger partial charge in [-0.3, -0.25) is 0 Å². The highest BCUT2D eigenvalue weighted by Gasteiger charge is 2.09. The normalized spacial score (nSPS) is 10.4. The summed E-state index contributed by atoms with van der Waals surface area (Å²) in [6.07, 6.45) is 0. The van der Waals surface area contributed by atoms with Crippen LogP contribution in [0.3, 0.4) is 0 Å². The molecule has 0 saturated heterocycles. The molecule has 0 aliphatic carbocycles. The van der Waals surface area contributed by atoms with Crippen molar-refractivity contribution in [2.24, 2.45) is 0 Å². The van der Waals surface area contributed by atoms with Gasteiger partial charge in [-0.25, -0.2) is 9.18 Å². The van der Waals surface area contributed by atoms with Crippen molar-refractivity contribution in [3.63, 3.8) is 0 Å². The molecule has 19 heavy (non-hydrogen) atoms. The van der Waals surface area contributed by atoms with Crippen molar-refractivity contribution in [1.82, 2.24) is 5.32 Å². The van der Waals surface area contributed by atoms with E-state index in [1.165, 1.54) is 12.1 Å². The molecule has 0 spiro atoms. The molecule has 1 aromatic rings. The molecule has 104 valence electrons. The molecular formula is C14H18FNO3. The van der Waals surface area contributed by atoms with Crippen molar-refractivity contribution < 1.29 is 19.0 Å². The highest BCUT2D eigenvalue weighted by atomic mass is 19.1. The molecule has 0 radical (unpaired) electrons. The third kappa shape index (κ3) is 5.63. The second-order valence-corrected chi connectivity index (χ2v) is 4.31. The van der Waals surface area contributed by atoms with Gasteiger partial charge in [0.25, 0.3) is 0 Å². The molecule has 0 aliphatic rings. The monoisotopic (exact) mass is 267 g/mol. The Kier molecular flexibility index (Phi) is 6.18. The molecule has 0 unspecified atom stereocenters. The Morgan fingerprint density at radius 3 is 2.84 bits per heavy atom. The largest absolute Gasteiger partial charge is 0.478 e. The number of aromatic carboxylic acids is 1. The molecule has 0 atom stereocenters. The predicted octanol–water partition coefficient (Wildman–Crippen LogP) is 2.21. The number of nitrogens with one attached hydrogen (secondary N) is 1. The van der Waals surface area contributed by atoms with Crippen LogP contribution in [0.15, 0.2) is 30.4 Å². The van der Waals surface area contributed by atoms with E-state index in [1.54, 1.807) is 6.07 Å². The SMILES string of the molecule is C=C(C)COCCNCc1ccc(C(=O)O)c(F)c1. The van der Waals surface area contributed by atoms with Gasteiger partial charge in [-0.05, 0) is 24.6 Å². The van der Waals surface area contributed by atoms with Crippen molar-refractivity contribution in [2.75, 3.05) is 19.8 Å². The summed E-state index contributed by atoms with van der Waals surface area (Å²) in [6.45, 7) is 7.78. The van der Waals surface area contributed by atoms with E-state index in [1.807, 2.05) is 6.92 Å². The number of rotatable bonds is 8. The molecule has 0 amide bonds. The van der Waals surface area contributed by atoms with E-state index < -0.39 is 11.8 Å². The maximum absolute atomic E-state index is 13.4. The molecule has 0 heterocycles. The number of ether oxygens (including phenoxy) is 1. The number of carbonyl (C=O) groups is 1. The summed E-state index contributed by atoms with van der Waals surface area (Å²) in [7, 11) is 0. The smallest absolute Gasteiger partial charge is 0.338 e. The van der Waals surface area contributed by atoms with Crippen LogP contribution >= 0.6 is 0 Å². The summed E-state index contributed by atoms with van der Waals surface area (Å²) in [5, 5.41) is 11.8. The Balaban J connectivity index is 2.32. The Hall–Kier alpha value is -1.72. The number of halogens is 1. The average Bonchev–Trinajstić information content (AvgIpc) is 2.32. The quantitative estimate of drug-likeness (QED) is 0.560. The van der Waals surface area contributed by atoms with Gasteiger partial charge < -0.3 is 15.2 Å². The molecule has 1 rings (SSSR count). The van der Waals surface area contributed by atoms with Crippen LogP contribution in [0.2, 0.25) is 0 Å². The lowest BCUT2D eigenvalue weighted by Crippen LogP contribution is -2.19. The Bertz CT molecular complexity index is 460. The van der Waals surface area contributed by atoms with Gasteiger partial charge in [0.15, 0.2) is 0 Å². The van der Waals surface area contributed by atoms with Crippen LogP contribution in [0.4, 0.5) is 4.39 Å². The first-order chi connectivity index (χ1) is 9.00. The zero-order valence-corrected chi connectivity index (χ0v) is 10.9. The summed E-state index contributed by atoms with van der Waals surface area (Å²) in [5.74, 6) is -1.98. The maximum Gasteiger partial charge on any atom is 0.338 e. The first kappa shape index (κ1) is 15.3. The Morgan fingerprint density at radius 2 is 2.26 bits per heavy atom. The third-order valence-electron chi connectivity index (χ3n) is 2.36. The zero-order chi connectivity index (χ0) is 14.3. The minimum atomic E-state index is -1.26. The molecule has 0 aromatic heterocycles. The Labute approximate surface area is 111 Å². The fourth-order valence-corrected chi connectivity index (χ4v) is 1.47. The van der Waals surface area contributed by atoms with Crippen molar-refractivity contribution in [1.29, 1.82) is 0 Å². The first-order valence-corrected chi connectivity index (χ1v) is 5.95. The second kappa shape index (κ2) is 7.66. The molecule has 0 fully saturated rings. The lowest BCUT2D eigenvalue weighted by Gasteiger charge is -2.07. The molecule has 0 aliphatic heterocycles. The van der Waals surface area contributed by atoms with Gasteiger partial charge in [0.05, 0.1) is 18.8 Å². The summed E-state index contributed by atoms with van der Waals surface area (Å²) >= 11 is 0. The molecule has 0 saturated carbocycles. The molecule has 1 aromatic carbocycles. The van der Waals surface area contributed by atoms with Gasteiger partial charge in [0, 0.05) is 13.1 Å². The predicted molar refractivity (Wildman–Crippen MR) is 70.7 cm³/mol. The van der Waals surface area contributed by atoms with E-state index in [4.69, 9.17) is 9.84 Å². The van der Waals surface area contributed by atoms with E-state index in [2.05, 4.69) is 11.9 Å². The van der Waals surface area contributed by atoms with Crippen molar-refractivity contribution >= 4 is 5.97 Å². The summed E-state index contributed by atoms with van der Waals surface area (Å²) in [4.78, 5) is 10.6. The van der Waals surface area contributed by atoms with Crippen LogP contribution in [-0.4, -0.2) is 30.8 Å². The van der Waals surface area contributed by atoms with Crippen molar-refractivity contribution in [2.45, 2.75) is 13.5 Å².